The fourth-order valence-corrected chi connectivity index (χ4v) is 1.21. The molecule has 1 atom stereocenters. The first-order valence-electron chi connectivity index (χ1n) is 3.58. The summed E-state index contributed by atoms with van der Waals surface area (Å²) in [6.07, 6.45) is 0.422. The number of benzene rings is 1. The first-order valence-corrected chi connectivity index (χ1v) is 4.38. The van der Waals surface area contributed by atoms with Gasteiger partial charge in [0.15, 0.2) is 0 Å². The summed E-state index contributed by atoms with van der Waals surface area (Å²) in [6.45, 7) is 0. The van der Waals surface area contributed by atoms with E-state index < -0.39 is 11.9 Å². The second-order valence-corrected chi connectivity index (χ2v) is 3.42. The van der Waals surface area contributed by atoms with Crippen LogP contribution in [-0.4, -0.2) is 17.4 Å². The molecule has 1 rings (SSSR count). The Kier molecular flexibility index (Phi) is 3.19. The van der Waals surface area contributed by atoms with Crippen LogP contribution < -0.4 is 0 Å². The molecule has 68 valence electrons. The van der Waals surface area contributed by atoms with E-state index in [1.54, 1.807) is 24.3 Å². The smallest absolute Gasteiger partial charge is 0.318 e. The van der Waals surface area contributed by atoms with Crippen LogP contribution in [0.1, 0.15) is 11.5 Å². The lowest BCUT2D eigenvalue weighted by molar-refractivity contribution is -0.140. The predicted molar refractivity (Wildman–Crippen MR) is 50.6 cm³/mol. The van der Waals surface area contributed by atoms with Gasteiger partial charge >= 0.3 is 5.97 Å². The van der Waals surface area contributed by atoms with E-state index in [0.717, 1.165) is 4.47 Å². The third kappa shape index (κ3) is 2.39. The summed E-state index contributed by atoms with van der Waals surface area (Å²) in [4.78, 5) is 21.0. The fourth-order valence-electron chi connectivity index (χ4n) is 0.949. The third-order valence-corrected chi connectivity index (χ3v) is 2.16. The van der Waals surface area contributed by atoms with Crippen LogP contribution in [0.25, 0.3) is 0 Å². The Bertz CT molecular complexity index is 318. The SMILES string of the molecule is O=CC(C(=O)O)c1ccc(Br)cc1. The zero-order valence-electron chi connectivity index (χ0n) is 6.61. The van der Waals surface area contributed by atoms with Gasteiger partial charge in [-0.2, -0.15) is 0 Å². The summed E-state index contributed by atoms with van der Waals surface area (Å²) < 4.78 is 0.853. The van der Waals surface area contributed by atoms with E-state index in [4.69, 9.17) is 5.11 Å². The molecular weight excluding hydrogens is 236 g/mol. The van der Waals surface area contributed by atoms with Gasteiger partial charge in [0.05, 0.1) is 0 Å². The number of aldehydes is 1. The van der Waals surface area contributed by atoms with Gasteiger partial charge in [-0.3, -0.25) is 4.79 Å². The van der Waals surface area contributed by atoms with Crippen LogP contribution in [-0.2, 0) is 9.59 Å². The van der Waals surface area contributed by atoms with Gasteiger partial charge in [0, 0.05) is 4.47 Å². The van der Waals surface area contributed by atoms with Crippen LogP contribution in [0.4, 0.5) is 0 Å². The van der Waals surface area contributed by atoms with Crippen LogP contribution in [0, 0.1) is 0 Å². The van der Waals surface area contributed by atoms with E-state index in [1.807, 2.05) is 0 Å². The highest BCUT2D eigenvalue weighted by atomic mass is 79.9. The molecule has 1 unspecified atom stereocenters. The summed E-state index contributed by atoms with van der Waals surface area (Å²) in [6, 6.07) is 6.62. The van der Waals surface area contributed by atoms with Crippen molar-refractivity contribution in [1.29, 1.82) is 0 Å². The Hall–Kier alpha value is -1.16. The van der Waals surface area contributed by atoms with Gasteiger partial charge in [-0.05, 0) is 17.7 Å². The van der Waals surface area contributed by atoms with Crippen molar-refractivity contribution in [2.45, 2.75) is 5.92 Å². The second kappa shape index (κ2) is 4.18. The molecule has 1 N–H and O–H groups in total. The molecule has 0 saturated heterocycles. The molecular formula is C9H7BrO3. The number of carbonyl (C=O) groups excluding carboxylic acids is 1. The number of hydrogen-bond donors (Lipinski definition) is 1. The highest BCUT2D eigenvalue weighted by Gasteiger charge is 2.17. The highest BCUT2D eigenvalue weighted by molar-refractivity contribution is 9.10. The number of carbonyl (C=O) groups is 2. The van der Waals surface area contributed by atoms with Crippen LogP contribution in [0.15, 0.2) is 28.7 Å². The zero-order chi connectivity index (χ0) is 9.84. The van der Waals surface area contributed by atoms with Gasteiger partial charge in [-0.25, -0.2) is 0 Å². The number of carboxylic acids is 1. The van der Waals surface area contributed by atoms with Crippen LogP contribution in [0.2, 0.25) is 0 Å². The van der Waals surface area contributed by atoms with Gasteiger partial charge in [0.25, 0.3) is 0 Å². The molecule has 1 aromatic carbocycles. The lowest BCUT2D eigenvalue weighted by Crippen LogP contribution is -2.12. The molecule has 4 heteroatoms. The summed E-state index contributed by atoms with van der Waals surface area (Å²) >= 11 is 3.22. The molecule has 0 radical (unpaired) electrons. The fraction of sp³-hybridized carbons (Fsp3) is 0.111. The van der Waals surface area contributed by atoms with Crippen molar-refractivity contribution in [2.24, 2.45) is 0 Å². The number of carboxylic acid groups (broad SMARTS) is 1. The summed E-state index contributed by atoms with van der Waals surface area (Å²) in [5.74, 6) is -2.19. The van der Waals surface area contributed by atoms with E-state index in [0.29, 0.717) is 11.8 Å². The summed E-state index contributed by atoms with van der Waals surface area (Å²) in [5.41, 5.74) is 0.491. The zero-order valence-corrected chi connectivity index (χ0v) is 8.19. The van der Waals surface area contributed by atoms with E-state index in [2.05, 4.69) is 15.9 Å². The molecule has 0 amide bonds. The molecule has 0 fully saturated rings. The molecule has 3 nitrogen and oxygen atoms in total. The maximum absolute atomic E-state index is 10.6. The minimum absolute atomic E-state index is 0.422. The Labute approximate surface area is 83.5 Å². The lowest BCUT2D eigenvalue weighted by Gasteiger charge is -2.04. The Morgan fingerprint density at radius 2 is 1.92 bits per heavy atom. The molecule has 0 bridgehead atoms. The average Bonchev–Trinajstić information content (AvgIpc) is 2.09. The minimum Gasteiger partial charge on any atom is -0.480 e. The Morgan fingerprint density at radius 1 is 1.38 bits per heavy atom. The van der Waals surface area contributed by atoms with Crippen LogP contribution in [0.3, 0.4) is 0 Å². The third-order valence-electron chi connectivity index (χ3n) is 1.63. The molecule has 0 aliphatic carbocycles. The number of hydrogen-bond acceptors (Lipinski definition) is 2. The molecule has 0 aliphatic rings. The van der Waals surface area contributed by atoms with E-state index in [-0.39, 0.29) is 0 Å². The predicted octanol–water partition coefficient (Wildman–Crippen LogP) is 1.82. The van der Waals surface area contributed by atoms with Gasteiger partial charge in [-0.15, -0.1) is 0 Å². The van der Waals surface area contributed by atoms with Crippen LogP contribution in [0.5, 0.6) is 0 Å². The van der Waals surface area contributed by atoms with Crippen LogP contribution >= 0.6 is 15.9 Å². The van der Waals surface area contributed by atoms with Crippen molar-refractivity contribution in [3.8, 4) is 0 Å². The van der Waals surface area contributed by atoms with E-state index in [9.17, 15) is 9.59 Å². The highest BCUT2D eigenvalue weighted by Crippen LogP contribution is 2.17. The number of halogens is 1. The normalized spacial score (nSPS) is 12.1. The van der Waals surface area contributed by atoms with Crippen molar-refractivity contribution < 1.29 is 14.7 Å². The summed E-state index contributed by atoms with van der Waals surface area (Å²) in [5, 5.41) is 8.65. The first kappa shape index (κ1) is 9.92. The Balaban J connectivity index is 2.99. The molecule has 0 aliphatic heterocycles. The molecule has 0 aromatic heterocycles. The van der Waals surface area contributed by atoms with E-state index in [1.165, 1.54) is 0 Å². The van der Waals surface area contributed by atoms with Gasteiger partial charge < -0.3 is 9.90 Å². The maximum Gasteiger partial charge on any atom is 0.318 e. The first-order chi connectivity index (χ1) is 6.15. The number of aliphatic carboxylic acids is 1. The quantitative estimate of drug-likeness (QED) is 0.650. The lowest BCUT2D eigenvalue weighted by atomic mass is 10.0. The molecule has 0 spiro atoms. The molecule has 0 heterocycles. The molecule has 0 saturated carbocycles. The van der Waals surface area contributed by atoms with Gasteiger partial charge in [0.1, 0.15) is 12.2 Å². The van der Waals surface area contributed by atoms with Crippen molar-refractivity contribution in [1.82, 2.24) is 0 Å². The number of rotatable bonds is 3. The maximum atomic E-state index is 10.6. The van der Waals surface area contributed by atoms with Crippen molar-refractivity contribution in [2.75, 3.05) is 0 Å². The van der Waals surface area contributed by atoms with Crippen molar-refractivity contribution >= 4 is 28.2 Å². The van der Waals surface area contributed by atoms with Crippen molar-refractivity contribution in [3.05, 3.63) is 34.3 Å². The van der Waals surface area contributed by atoms with Gasteiger partial charge in [-0.1, -0.05) is 28.1 Å². The summed E-state index contributed by atoms with van der Waals surface area (Å²) in [7, 11) is 0. The average molecular weight is 243 g/mol. The minimum atomic E-state index is -1.13. The van der Waals surface area contributed by atoms with Gasteiger partial charge in [0.2, 0.25) is 0 Å². The second-order valence-electron chi connectivity index (χ2n) is 2.50. The standard InChI is InChI=1S/C9H7BrO3/c10-7-3-1-6(2-4-7)8(5-11)9(12)13/h1-5,8H,(H,12,13). The topological polar surface area (TPSA) is 54.4 Å². The van der Waals surface area contributed by atoms with E-state index >= 15 is 0 Å². The molecule has 1 aromatic rings. The Morgan fingerprint density at radius 3 is 2.31 bits per heavy atom. The molecule has 13 heavy (non-hydrogen) atoms. The monoisotopic (exact) mass is 242 g/mol. The largest absolute Gasteiger partial charge is 0.480 e. The van der Waals surface area contributed by atoms with Crippen molar-refractivity contribution in [3.63, 3.8) is 0 Å².